The summed E-state index contributed by atoms with van der Waals surface area (Å²) in [6, 6.07) is 0. The molecule has 0 atom stereocenters. The van der Waals surface area contributed by atoms with Gasteiger partial charge in [0.2, 0.25) is 0 Å². The van der Waals surface area contributed by atoms with Crippen molar-refractivity contribution in [3.05, 3.63) is 0 Å². The van der Waals surface area contributed by atoms with E-state index >= 15 is 0 Å². The minimum absolute atomic E-state index is 0.165. The van der Waals surface area contributed by atoms with Gasteiger partial charge in [-0.3, -0.25) is 4.99 Å². The predicted molar refractivity (Wildman–Crippen MR) is 75.4 cm³/mol. The maximum absolute atomic E-state index is 11.9. The van der Waals surface area contributed by atoms with Gasteiger partial charge in [0.05, 0.1) is 11.3 Å². The molecule has 0 saturated heterocycles. The summed E-state index contributed by atoms with van der Waals surface area (Å²) >= 11 is 0. The standard InChI is InChI=1S/C12H25N3O2S/c1-11(2,3)15-10(13)14-9-12(18(4,16)17)7-5-6-8-12/h5-9H2,1-4H3,(H3,13,14,15). The fourth-order valence-corrected chi connectivity index (χ4v) is 3.65. The molecule has 1 saturated carbocycles. The van der Waals surface area contributed by atoms with E-state index in [1.807, 2.05) is 20.8 Å². The van der Waals surface area contributed by atoms with Crippen LogP contribution in [-0.2, 0) is 9.84 Å². The minimum Gasteiger partial charge on any atom is -0.370 e. The van der Waals surface area contributed by atoms with E-state index in [2.05, 4.69) is 10.3 Å². The summed E-state index contributed by atoms with van der Waals surface area (Å²) < 4.78 is 23.1. The SMILES string of the molecule is CC(C)(C)NC(N)=NCC1(S(C)(=O)=O)CCCC1. The van der Waals surface area contributed by atoms with Gasteiger partial charge in [0.25, 0.3) is 0 Å². The molecule has 0 aromatic carbocycles. The Morgan fingerprint density at radius 2 is 1.83 bits per heavy atom. The van der Waals surface area contributed by atoms with Crippen LogP contribution in [0.1, 0.15) is 46.5 Å². The van der Waals surface area contributed by atoms with E-state index in [4.69, 9.17) is 5.73 Å². The molecule has 0 heterocycles. The molecule has 1 fully saturated rings. The van der Waals surface area contributed by atoms with E-state index in [0.29, 0.717) is 18.8 Å². The zero-order valence-electron chi connectivity index (χ0n) is 11.8. The second-order valence-electron chi connectivity index (χ2n) is 6.24. The zero-order chi connectivity index (χ0) is 14.0. The number of sulfone groups is 1. The summed E-state index contributed by atoms with van der Waals surface area (Å²) in [5, 5.41) is 3.04. The van der Waals surface area contributed by atoms with Crippen LogP contribution in [0.2, 0.25) is 0 Å². The Bertz CT molecular complexity index is 415. The summed E-state index contributed by atoms with van der Waals surface area (Å²) in [6.07, 6.45) is 4.60. The van der Waals surface area contributed by atoms with Gasteiger partial charge < -0.3 is 11.1 Å². The highest BCUT2D eigenvalue weighted by molar-refractivity contribution is 7.92. The first-order chi connectivity index (χ1) is 8.06. The highest BCUT2D eigenvalue weighted by Gasteiger charge is 2.43. The van der Waals surface area contributed by atoms with Crippen molar-refractivity contribution in [1.29, 1.82) is 0 Å². The van der Waals surface area contributed by atoms with Gasteiger partial charge in [0, 0.05) is 11.8 Å². The van der Waals surface area contributed by atoms with Crippen LogP contribution in [0.15, 0.2) is 4.99 Å². The summed E-state index contributed by atoms with van der Waals surface area (Å²) in [5.41, 5.74) is 5.62. The molecule has 0 aromatic heterocycles. The molecule has 0 bridgehead atoms. The lowest BCUT2D eigenvalue weighted by molar-refractivity contribution is 0.501. The van der Waals surface area contributed by atoms with Gasteiger partial charge >= 0.3 is 0 Å². The molecule has 1 aliphatic rings. The third kappa shape index (κ3) is 3.86. The van der Waals surface area contributed by atoms with Crippen LogP contribution in [0.25, 0.3) is 0 Å². The lowest BCUT2D eigenvalue weighted by Crippen LogP contribution is -2.46. The topological polar surface area (TPSA) is 84.5 Å². The molecule has 106 valence electrons. The second kappa shape index (κ2) is 5.07. The highest BCUT2D eigenvalue weighted by Crippen LogP contribution is 2.36. The number of nitrogens with one attached hydrogen (secondary N) is 1. The lowest BCUT2D eigenvalue weighted by Gasteiger charge is -2.26. The van der Waals surface area contributed by atoms with Crippen LogP contribution < -0.4 is 11.1 Å². The largest absolute Gasteiger partial charge is 0.370 e. The number of guanidine groups is 1. The molecule has 18 heavy (non-hydrogen) atoms. The fraction of sp³-hybridized carbons (Fsp3) is 0.917. The van der Waals surface area contributed by atoms with Gasteiger partial charge in [-0.25, -0.2) is 8.42 Å². The Hall–Kier alpha value is -0.780. The number of hydrogen-bond acceptors (Lipinski definition) is 3. The first-order valence-corrected chi connectivity index (χ1v) is 8.23. The molecule has 0 aromatic rings. The van der Waals surface area contributed by atoms with Gasteiger partial charge in [-0.2, -0.15) is 0 Å². The molecule has 0 amide bonds. The first kappa shape index (κ1) is 15.3. The Kier molecular flexibility index (Phi) is 4.30. The third-order valence-corrected chi connectivity index (χ3v) is 5.45. The van der Waals surface area contributed by atoms with E-state index in [0.717, 1.165) is 12.8 Å². The summed E-state index contributed by atoms with van der Waals surface area (Å²) in [5.74, 6) is 0.317. The lowest BCUT2D eigenvalue weighted by atomic mass is 10.1. The van der Waals surface area contributed by atoms with Crippen LogP contribution in [-0.4, -0.2) is 37.5 Å². The van der Waals surface area contributed by atoms with Crippen molar-refractivity contribution in [2.45, 2.75) is 56.7 Å². The summed E-state index contributed by atoms with van der Waals surface area (Å²) in [6.45, 7) is 6.21. The summed E-state index contributed by atoms with van der Waals surface area (Å²) in [4.78, 5) is 4.23. The van der Waals surface area contributed by atoms with Crippen molar-refractivity contribution < 1.29 is 8.42 Å². The van der Waals surface area contributed by atoms with Gasteiger partial charge in [0.15, 0.2) is 15.8 Å². The molecule has 1 rings (SSSR count). The number of nitrogens with two attached hydrogens (primary N) is 1. The Morgan fingerprint density at radius 3 is 2.22 bits per heavy atom. The Morgan fingerprint density at radius 1 is 1.33 bits per heavy atom. The quantitative estimate of drug-likeness (QED) is 0.595. The summed E-state index contributed by atoms with van der Waals surface area (Å²) in [7, 11) is -3.09. The average molecular weight is 275 g/mol. The molecule has 0 radical (unpaired) electrons. The van der Waals surface area contributed by atoms with Crippen LogP contribution in [0.5, 0.6) is 0 Å². The van der Waals surface area contributed by atoms with E-state index in [-0.39, 0.29) is 12.1 Å². The van der Waals surface area contributed by atoms with Crippen LogP contribution >= 0.6 is 0 Å². The van der Waals surface area contributed by atoms with E-state index in [1.54, 1.807) is 0 Å². The first-order valence-electron chi connectivity index (χ1n) is 6.33. The predicted octanol–water partition coefficient (Wildman–Crippen LogP) is 1.05. The normalized spacial score (nSPS) is 21.0. The van der Waals surface area contributed by atoms with Crippen molar-refractivity contribution in [3.63, 3.8) is 0 Å². The maximum Gasteiger partial charge on any atom is 0.189 e. The van der Waals surface area contributed by atoms with E-state index in [9.17, 15) is 8.42 Å². The van der Waals surface area contributed by atoms with Crippen molar-refractivity contribution >= 4 is 15.8 Å². The molecule has 6 heteroatoms. The fourth-order valence-electron chi connectivity index (χ4n) is 2.32. The molecule has 0 spiro atoms. The zero-order valence-corrected chi connectivity index (χ0v) is 12.6. The van der Waals surface area contributed by atoms with Crippen LogP contribution in [0, 0.1) is 0 Å². The van der Waals surface area contributed by atoms with Crippen molar-refractivity contribution in [1.82, 2.24) is 5.32 Å². The van der Waals surface area contributed by atoms with E-state index in [1.165, 1.54) is 6.26 Å². The monoisotopic (exact) mass is 275 g/mol. The van der Waals surface area contributed by atoms with Crippen LogP contribution in [0.3, 0.4) is 0 Å². The van der Waals surface area contributed by atoms with E-state index < -0.39 is 14.6 Å². The highest BCUT2D eigenvalue weighted by atomic mass is 32.2. The average Bonchev–Trinajstić information content (AvgIpc) is 2.60. The second-order valence-corrected chi connectivity index (χ2v) is 8.65. The number of rotatable bonds is 3. The maximum atomic E-state index is 11.9. The van der Waals surface area contributed by atoms with Gasteiger partial charge in [-0.05, 0) is 33.6 Å². The minimum atomic E-state index is -3.09. The van der Waals surface area contributed by atoms with Gasteiger partial charge in [0.1, 0.15) is 0 Å². The van der Waals surface area contributed by atoms with Crippen LogP contribution in [0.4, 0.5) is 0 Å². The molecule has 5 nitrogen and oxygen atoms in total. The van der Waals surface area contributed by atoms with Crippen molar-refractivity contribution in [3.8, 4) is 0 Å². The van der Waals surface area contributed by atoms with Crippen molar-refractivity contribution in [2.24, 2.45) is 10.7 Å². The molecular formula is C12H25N3O2S. The smallest absolute Gasteiger partial charge is 0.189 e. The molecule has 0 unspecified atom stereocenters. The van der Waals surface area contributed by atoms with Crippen molar-refractivity contribution in [2.75, 3.05) is 12.8 Å². The Balaban J connectivity index is 2.79. The number of hydrogen-bond donors (Lipinski definition) is 2. The molecule has 0 aliphatic heterocycles. The molecular weight excluding hydrogens is 250 g/mol. The molecule has 3 N–H and O–H groups in total. The number of aliphatic imine (C=N–C) groups is 1. The van der Waals surface area contributed by atoms with Gasteiger partial charge in [-0.1, -0.05) is 12.8 Å². The van der Waals surface area contributed by atoms with Gasteiger partial charge in [-0.15, -0.1) is 0 Å². The molecule has 1 aliphatic carbocycles. The Labute approximate surface area is 110 Å². The third-order valence-electron chi connectivity index (χ3n) is 3.34. The number of nitrogens with zero attached hydrogens (tertiary/aromatic N) is 1.